The van der Waals surface area contributed by atoms with Crippen LogP contribution < -0.4 is 21.1 Å². The van der Waals surface area contributed by atoms with Gasteiger partial charge in [-0.05, 0) is 24.3 Å². The first-order valence-electron chi connectivity index (χ1n) is 13.2. The molecule has 41 heavy (non-hydrogen) atoms. The Labute approximate surface area is 235 Å². The number of urea groups is 1. The van der Waals surface area contributed by atoms with Crippen molar-refractivity contribution in [3.8, 4) is 17.2 Å². The standard InChI is InChI=1S/C31H29N7O3/c1-31(2,3)25-18-26(38(36-25)19-10-6-5-7-11-19)34-29(39)33-22-14-15-23(21-13-9-8-12-20(21)22)41-24-16-17-32-28-27(24)35-30(40)37(28)4/h5-18H,1-4H3,(H,35,40)(H2,33,34,39). The van der Waals surface area contributed by atoms with Crippen molar-refractivity contribution in [3.05, 3.63) is 101 Å². The van der Waals surface area contributed by atoms with Crippen LogP contribution in [0.1, 0.15) is 26.5 Å². The minimum Gasteiger partial charge on any atom is -0.454 e. The number of amides is 2. The number of rotatable bonds is 5. The van der Waals surface area contributed by atoms with Crippen LogP contribution in [0, 0.1) is 0 Å². The lowest BCUT2D eigenvalue weighted by Gasteiger charge is -2.14. The van der Waals surface area contributed by atoms with Crippen LogP contribution in [0.25, 0.3) is 27.6 Å². The molecule has 0 aliphatic rings. The Morgan fingerprint density at radius 2 is 1.63 bits per heavy atom. The minimum absolute atomic E-state index is 0.202. The number of anilines is 2. The highest BCUT2D eigenvalue weighted by Crippen LogP contribution is 2.36. The predicted octanol–water partition coefficient (Wildman–Crippen LogP) is 6.33. The average molecular weight is 548 g/mol. The van der Waals surface area contributed by atoms with Gasteiger partial charge in [0.15, 0.2) is 11.4 Å². The number of nitrogens with one attached hydrogen (secondary N) is 3. The van der Waals surface area contributed by atoms with Gasteiger partial charge in [-0.25, -0.2) is 19.3 Å². The van der Waals surface area contributed by atoms with Crippen LogP contribution in [0.2, 0.25) is 0 Å². The average Bonchev–Trinajstić information content (AvgIpc) is 3.52. The summed E-state index contributed by atoms with van der Waals surface area (Å²) in [6.07, 6.45) is 1.60. The van der Waals surface area contributed by atoms with Crippen LogP contribution in [0.15, 0.2) is 89.9 Å². The van der Waals surface area contributed by atoms with Crippen LogP contribution >= 0.6 is 0 Å². The SMILES string of the molecule is Cn1c(=O)[nH]c2c(Oc3ccc(NC(=O)Nc4cc(C(C)(C)C)nn4-c4ccccc4)c4ccccc34)ccnc21. The summed E-state index contributed by atoms with van der Waals surface area (Å²) in [5.74, 6) is 1.60. The highest BCUT2D eigenvalue weighted by atomic mass is 16.5. The van der Waals surface area contributed by atoms with Gasteiger partial charge in [0, 0.05) is 41.6 Å². The maximum absolute atomic E-state index is 13.3. The fourth-order valence-corrected chi connectivity index (χ4v) is 4.64. The summed E-state index contributed by atoms with van der Waals surface area (Å²) in [6, 6.07) is 24.1. The number of imidazole rings is 1. The zero-order valence-electron chi connectivity index (χ0n) is 23.1. The van der Waals surface area contributed by atoms with Gasteiger partial charge in [-0.15, -0.1) is 0 Å². The van der Waals surface area contributed by atoms with Gasteiger partial charge < -0.3 is 15.0 Å². The number of para-hydroxylation sites is 1. The van der Waals surface area contributed by atoms with Gasteiger partial charge in [0.2, 0.25) is 0 Å². The largest absolute Gasteiger partial charge is 0.454 e. The molecule has 3 aromatic carbocycles. The first kappa shape index (κ1) is 25.9. The molecule has 6 aromatic rings. The Hall–Kier alpha value is -5.38. The Bertz CT molecular complexity index is 1960. The van der Waals surface area contributed by atoms with Crippen molar-refractivity contribution in [2.75, 3.05) is 10.6 Å². The molecule has 3 N–H and O–H groups in total. The molecule has 0 aliphatic heterocycles. The lowest BCUT2D eigenvalue weighted by atomic mass is 9.92. The van der Waals surface area contributed by atoms with E-state index in [9.17, 15) is 9.59 Å². The third kappa shape index (κ3) is 4.91. The summed E-state index contributed by atoms with van der Waals surface area (Å²) in [6.45, 7) is 6.24. The highest BCUT2D eigenvalue weighted by Gasteiger charge is 2.22. The van der Waals surface area contributed by atoms with Gasteiger partial charge in [0.25, 0.3) is 0 Å². The topological polar surface area (TPSA) is 119 Å². The number of hydrogen-bond donors (Lipinski definition) is 3. The maximum atomic E-state index is 13.3. The van der Waals surface area contributed by atoms with Gasteiger partial charge in [0.1, 0.15) is 17.1 Å². The molecular weight excluding hydrogens is 518 g/mol. The van der Waals surface area contributed by atoms with Gasteiger partial charge >= 0.3 is 11.7 Å². The Morgan fingerprint density at radius 1 is 0.902 bits per heavy atom. The number of pyridine rings is 1. The number of carbonyl (C=O) groups excluding carboxylic acids is 1. The molecule has 10 nitrogen and oxygen atoms in total. The van der Waals surface area contributed by atoms with Crippen molar-refractivity contribution in [2.45, 2.75) is 26.2 Å². The Balaban J connectivity index is 1.30. The zero-order valence-corrected chi connectivity index (χ0v) is 23.1. The van der Waals surface area contributed by atoms with Gasteiger partial charge in [-0.1, -0.05) is 63.2 Å². The summed E-state index contributed by atoms with van der Waals surface area (Å²) < 4.78 is 9.43. The summed E-state index contributed by atoms with van der Waals surface area (Å²) in [5, 5.41) is 12.3. The van der Waals surface area contributed by atoms with Gasteiger partial charge in [-0.3, -0.25) is 9.88 Å². The van der Waals surface area contributed by atoms with E-state index in [4.69, 9.17) is 9.84 Å². The van der Waals surface area contributed by atoms with E-state index in [1.807, 2.05) is 60.7 Å². The fraction of sp³-hybridized carbons (Fsp3) is 0.161. The first-order chi connectivity index (χ1) is 19.7. The van der Waals surface area contributed by atoms with Crippen LogP contribution in [0.5, 0.6) is 11.5 Å². The van der Waals surface area contributed by atoms with Crippen molar-refractivity contribution < 1.29 is 9.53 Å². The third-order valence-corrected chi connectivity index (χ3v) is 6.82. The smallest absolute Gasteiger partial charge is 0.327 e. The van der Waals surface area contributed by atoms with Gasteiger partial charge in [0.05, 0.1) is 17.1 Å². The molecule has 6 rings (SSSR count). The Morgan fingerprint density at radius 3 is 2.39 bits per heavy atom. The number of aromatic amines is 1. The second kappa shape index (κ2) is 9.98. The number of H-pyrrole nitrogens is 1. The van der Waals surface area contributed by atoms with Crippen molar-refractivity contribution in [1.29, 1.82) is 0 Å². The molecule has 2 amide bonds. The van der Waals surface area contributed by atoms with E-state index in [-0.39, 0.29) is 11.1 Å². The molecule has 0 atom stereocenters. The second-order valence-electron chi connectivity index (χ2n) is 10.7. The predicted molar refractivity (Wildman–Crippen MR) is 160 cm³/mol. The van der Waals surface area contributed by atoms with E-state index < -0.39 is 6.03 Å². The van der Waals surface area contributed by atoms with Crippen molar-refractivity contribution in [1.82, 2.24) is 24.3 Å². The van der Waals surface area contributed by atoms with Crippen LogP contribution in [0.4, 0.5) is 16.3 Å². The maximum Gasteiger partial charge on any atom is 0.327 e. The first-order valence-corrected chi connectivity index (χ1v) is 13.2. The molecule has 0 spiro atoms. The van der Waals surface area contributed by atoms with Crippen molar-refractivity contribution in [2.24, 2.45) is 7.05 Å². The number of nitrogens with zero attached hydrogens (tertiary/aromatic N) is 4. The molecule has 10 heteroatoms. The van der Waals surface area contributed by atoms with E-state index in [1.54, 1.807) is 36.1 Å². The molecule has 3 aromatic heterocycles. The summed E-state index contributed by atoms with van der Waals surface area (Å²) in [7, 11) is 1.65. The van der Waals surface area contributed by atoms with Crippen LogP contribution in [-0.2, 0) is 12.5 Å². The molecule has 0 radical (unpaired) electrons. The third-order valence-electron chi connectivity index (χ3n) is 6.82. The quantitative estimate of drug-likeness (QED) is 0.233. The van der Waals surface area contributed by atoms with Crippen molar-refractivity contribution >= 4 is 39.5 Å². The highest BCUT2D eigenvalue weighted by molar-refractivity contribution is 6.07. The summed E-state index contributed by atoms with van der Waals surface area (Å²) in [4.78, 5) is 32.5. The van der Waals surface area contributed by atoms with E-state index in [0.29, 0.717) is 34.2 Å². The monoisotopic (exact) mass is 547 g/mol. The second-order valence-corrected chi connectivity index (χ2v) is 10.7. The molecule has 0 fully saturated rings. The molecular formula is C31H29N7O3. The number of aryl methyl sites for hydroxylation is 1. The fourth-order valence-electron chi connectivity index (χ4n) is 4.64. The lowest BCUT2D eigenvalue weighted by molar-refractivity contribution is 0.262. The number of aromatic nitrogens is 5. The number of hydrogen-bond acceptors (Lipinski definition) is 5. The Kier molecular flexibility index (Phi) is 6.30. The van der Waals surface area contributed by atoms with E-state index in [0.717, 1.165) is 22.2 Å². The number of fused-ring (bicyclic) bond motifs is 2. The number of ether oxygens (including phenoxy) is 1. The van der Waals surface area contributed by atoms with Crippen molar-refractivity contribution in [3.63, 3.8) is 0 Å². The molecule has 0 saturated carbocycles. The summed E-state index contributed by atoms with van der Waals surface area (Å²) in [5.41, 5.74) is 2.84. The number of carbonyl (C=O) groups is 1. The summed E-state index contributed by atoms with van der Waals surface area (Å²) >= 11 is 0. The molecule has 0 saturated heterocycles. The van der Waals surface area contributed by atoms with Crippen LogP contribution in [0.3, 0.4) is 0 Å². The minimum atomic E-state index is -0.404. The number of benzene rings is 3. The molecule has 0 aliphatic carbocycles. The van der Waals surface area contributed by atoms with Crippen LogP contribution in [-0.4, -0.2) is 30.3 Å². The molecule has 0 unspecified atom stereocenters. The van der Waals surface area contributed by atoms with E-state index >= 15 is 0 Å². The lowest BCUT2D eigenvalue weighted by Crippen LogP contribution is -2.21. The molecule has 0 bridgehead atoms. The zero-order chi connectivity index (χ0) is 28.7. The normalized spacial score (nSPS) is 11.6. The molecule has 206 valence electrons. The van der Waals surface area contributed by atoms with E-state index in [2.05, 4.69) is 41.4 Å². The molecule has 3 heterocycles. The van der Waals surface area contributed by atoms with E-state index in [1.165, 1.54) is 4.57 Å². The van der Waals surface area contributed by atoms with Gasteiger partial charge in [-0.2, -0.15) is 5.10 Å².